The zero-order valence-corrected chi connectivity index (χ0v) is 10.1. The monoisotopic (exact) mass is 241 g/mol. The maximum absolute atomic E-state index is 5.79. The number of hydrogen-bond donors (Lipinski definition) is 1. The van der Waals surface area contributed by atoms with Crippen LogP contribution in [0.1, 0.15) is 32.6 Å². The number of aromatic nitrogens is 3. The SMILES string of the molecule is CC1CCCCCN1c1nc(N)nc(Cl)n1. The lowest BCUT2D eigenvalue weighted by atomic mass is 10.1. The smallest absolute Gasteiger partial charge is 0.231 e. The molecule has 2 N–H and O–H groups in total. The van der Waals surface area contributed by atoms with Gasteiger partial charge in [-0.25, -0.2) is 0 Å². The standard InChI is InChI=1S/C10H16ClN5/c1-7-5-3-2-4-6-16(7)10-14-8(11)13-9(12)15-10/h7H,2-6H2,1H3,(H2,12,13,14,15). The molecule has 0 radical (unpaired) electrons. The highest BCUT2D eigenvalue weighted by Crippen LogP contribution is 2.21. The number of nitrogens with two attached hydrogens (primary N) is 1. The number of hydrogen-bond acceptors (Lipinski definition) is 5. The van der Waals surface area contributed by atoms with Crippen LogP contribution in [0.25, 0.3) is 0 Å². The maximum Gasteiger partial charge on any atom is 0.231 e. The average molecular weight is 242 g/mol. The molecule has 6 heteroatoms. The summed E-state index contributed by atoms with van der Waals surface area (Å²) in [5.74, 6) is 0.790. The van der Waals surface area contributed by atoms with Gasteiger partial charge in [0.2, 0.25) is 17.2 Å². The molecule has 0 aromatic carbocycles. The van der Waals surface area contributed by atoms with Crippen LogP contribution in [0.15, 0.2) is 0 Å². The molecule has 88 valence electrons. The lowest BCUT2D eigenvalue weighted by Crippen LogP contribution is -2.34. The predicted octanol–water partition coefficient (Wildman–Crippen LogP) is 1.88. The van der Waals surface area contributed by atoms with E-state index in [2.05, 4.69) is 26.8 Å². The topological polar surface area (TPSA) is 67.9 Å². The van der Waals surface area contributed by atoms with Crippen LogP contribution < -0.4 is 10.6 Å². The molecule has 1 saturated heterocycles. The highest BCUT2D eigenvalue weighted by Gasteiger charge is 2.20. The van der Waals surface area contributed by atoms with E-state index >= 15 is 0 Å². The van der Waals surface area contributed by atoms with Crippen molar-refractivity contribution in [2.45, 2.75) is 38.6 Å². The van der Waals surface area contributed by atoms with E-state index in [9.17, 15) is 0 Å². The van der Waals surface area contributed by atoms with Crippen LogP contribution in [-0.2, 0) is 0 Å². The highest BCUT2D eigenvalue weighted by molar-refractivity contribution is 6.28. The van der Waals surface area contributed by atoms with Gasteiger partial charge in [0.25, 0.3) is 0 Å². The van der Waals surface area contributed by atoms with Crippen molar-refractivity contribution in [2.24, 2.45) is 0 Å². The molecule has 0 saturated carbocycles. The number of halogens is 1. The first-order chi connectivity index (χ1) is 7.66. The molecule has 0 bridgehead atoms. The summed E-state index contributed by atoms with van der Waals surface area (Å²) in [5.41, 5.74) is 5.58. The largest absolute Gasteiger partial charge is 0.368 e. The van der Waals surface area contributed by atoms with Crippen LogP contribution in [0.4, 0.5) is 11.9 Å². The van der Waals surface area contributed by atoms with Crippen LogP contribution in [0.2, 0.25) is 5.28 Å². The van der Waals surface area contributed by atoms with E-state index in [1.807, 2.05) is 0 Å². The van der Waals surface area contributed by atoms with Gasteiger partial charge in [0.15, 0.2) is 0 Å². The third-order valence-electron chi connectivity index (χ3n) is 2.92. The molecule has 0 aliphatic carbocycles. The summed E-state index contributed by atoms with van der Waals surface area (Å²) < 4.78 is 0. The molecule has 16 heavy (non-hydrogen) atoms. The summed E-state index contributed by atoms with van der Waals surface area (Å²) in [5, 5.41) is 0.166. The van der Waals surface area contributed by atoms with Crippen molar-refractivity contribution >= 4 is 23.5 Å². The van der Waals surface area contributed by atoms with Crippen molar-refractivity contribution < 1.29 is 0 Å². The Morgan fingerprint density at radius 2 is 2.06 bits per heavy atom. The summed E-state index contributed by atoms with van der Waals surface area (Å²) in [7, 11) is 0. The van der Waals surface area contributed by atoms with E-state index in [-0.39, 0.29) is 11.2 Å². The Bertz CT molecular complexity index is 350. The summed E-state index contributed by atoms with van der Waals surface area (Å²) in [6.07, 6.45) is 4.83. The average Bonchev–Trinajstić information content (AvgIpc) is 2.41. The Labute approximate surface area is 100 Å². The molecule has 1 unspecified atom stereocenters. The number of rotatable bonds is 1. The number of nitrogen functional groups attached to an aromatic ring is 1. The van der Waals surface area contributed by atoms with E-state index in [1.54, 1.807) is 0 Å². The lowest BCUT2D eigenvalue weighted by Gasteiger charge is -2.26. The molecule has 1 aromatic heterocycles. The summed E-state index contributed by atoms with van der Waals surface area (Å²) in [4.78, 5) is 14.2. The summed E-state index contributed by atoms with van der Waals surface area (Å²) in [6, 6.07) is 0.431. The van der Waals surface area contributed by atoms with Crippen LogP contribution in [0.5, 0.6) is 0 Å². The van der Waals surface area contributed by atoms with Gasteiger partial charge < -0.3 is 10.6 Å². The Hall–Kier alpha value is -1.10. The molecule has 1 aromatic rings. The Balaban J connectivity index is 2.26. The number of anilines is 2. The van der Waals surface area contributed by atoms with Crippen LogP contribution in [-0.4, -0.2) is 27.5 Å². The molecular formula is C10H16ClN5. The summed E-state index contributed by atoms with van der Waals surface area (Å²) in [6.45, 7) is 3.14. The second-order valence-corrected chi connectivity index (χ2v) is 4.49. The van der Waals surface area contributed by atoms with Crippen molar-refractivity contribution in [3.05, 3.63) is 5.28 Å². The van der Waals surface area contributed by atoms with Crippen LogP contribution in [0, 0.1) is 0 Å². The van der Waals surface area contributed by atoms with Crippen molar-refractivity contribution in [2.75, 3.05) is 17.2 Å². The second kappa shape index (κ2) is 4.82. The van der Waals surface area contributed by atoms with E-state index < -0.39 is 0 Å². The van der Waals surface area contributed by atoms with Crippen LogP contribution >= 0.6 is 11.6 Å². The molecule has 1 aliphatic heterocycles. The molecule has 5 nitrogen and oxygen atoms in total. The normalized spacial score (nSPS) is 21.9. The zero-order valence-electron chi connectivity index (χ0n) is 9.36. The van der Waals surface area contributed by atoms with Gasteiger partial charge in [0.05, 0.1) is 0 Å². The van der Waals surface area contributed by atoms with Gasteiger partial charge in [0, 0.05) is 12.6 Å². The van der Waals surface area contributed by atoms with Crippen molar-refractivity contribution in [3.63, 3.8) is 0 Å². The lowest BCUT2D eigenvalue weighted by molar-refractivity contribution is 0.604. The predicted molar refractivity (Wildman–Crippen MR) is 64.5 cm³/mol. The van der Waals surface area contributed by atoms with Gasteiger partial charge in [0.1, 0.15) is 0 Å². The molecule has 1 aliphatic rings. The summed E-state index contributed by atoms with van der Waals surface area (Å²) >= 11 is 5.79. The fourth-order valence-corrected chi connectivity index (χ4v) is 2.22. The molecule has 1 fully saturated rings. The van der Waals surface area contributed by atoms with Gasteiger partial charge in [-0.2, -0.15) is 15.0 Å². The van der Waals surface area contributed by atoms with Crippen molar-refractivity contribution in [1.82, 2.24) is 15.0 Å². The quantitative estimate of drug-likeness (QED) is 0.813. The Kier molecular flexibility index (Phi) is 3.43. The van der Waals surface area contributed by atoms with Gasteiger partial charge >= 0.3 is 0 Å². The van der Waals surface area contributed by atoms with Crippen LogP contribution in [0.3, 0.4) is 0 Å². The maximum atomic E-state index is 5.79. The zero-order chi connectivity index (χ0) is 11.5. The number of nitrogens with zero attached hydrogens (tertiary/aromatic N) is 4. The molecular weight excluding hydrogens is 226 g/mol. The van der Waals surface area contributed by atoms with Gasteiger partial charge in [-0.3, -0.25) is 0 Å². The second-order valence-electron chi connectivity index (χ2n) is 4.15. The molecule has 2 rings (SSSR count). The van der Waals surface area contributed by atoms with E-state index in [4.69, 9.17) is 17.3 Å². The molecule has 0 spiro atoms. The first-order valence-corrected chi connectivity index (χ1v) is 5.98. The van der Waals surface area contributed by atoms with Crippen molar-refractivity contribution in [1.29, 1.82) is 0 Å². The molecule has 0 amide bonds. The van der Waals surface area contributed by atoms with E-state index in [0.29, 0.717) is 12.0 Å². The molecule has 2 heterocycles. The highest BCUT2D eigenvalue weighted by atomic mass is 35.5. The fourth-order valence-electron chi connectivity index (χ4n) is 2.05. The van der Waals surface area contributed by atoms with E-state index in [0.717, 1.165) is 19.4 Å². The fraction of sp³-hybridized carbons (Fsp3) is 0.700. The third-order valence-corrected chi connectivity index (χ3v) is 3.09. The van der Waals surface area contributed by atoms with Gasteiger partial charge in [-0.05, 0) is 31.4 Å². The Morgan fingerprint density at radius 1 is 1.25 bits per heavy atom. The minimum atomic E-state index is 0.166. The van der Waals surface area contributed by atoms with Crippen molar-refractivity contribution in [3.8, 4) is 0 Å². The minimum Gasteiger partial charge on any atom is -0.368 e. The van der Waals surface area contributed by atoms with E-state index in [1.165, 1.54) is 12.8 Å². The minimum absolute atomic E-state index is 0.166. The van der Waals surface area contributed by atoms with Gasteiger partial charge in [-0.1, -0.05) is 12.8 Å². The third kappa shape index (κ3) is 2.52. The first kappa shape index (κ1) is 11.4. The molecule has 1 atom stereocenters. The van der Waals surface area contributed by atoms with Gasteiger partial charge in [-0.15, -0.1) is 0 Å². The Morgan fingerprint density at radius 3 is 2.81 bits per heavy atom. The first-order valence-electron chi connectivity index (χ1n) is 5.60.